The molecule has 0 aliphatic carbocycles. The van der Waals surface area contributed by atoms with Gasteiger partial charge in [-0.1, -0.05) is 84.9 Å². The van der Waals surface area contributed by atoms with Crippen LogP contribution in [0.3, 0.4) is 0 Å². The first-order chi connectivity index (χ1) is 16.4. The van der Waals surface area contributed by atoms with Crippen LogP contribution in [0.25, 0.3) is 42.4 Å². The molecule has 0 saturated heterocycles. The molecular formula is C30H18BNS. The lowest BCUT2D eigenvalue weighted by Gasteiger charge is -2.43. The summed E-state index contributed by atoms with van der Waals surface area (Å²) >= 11 is 1.90. The normalized spacial score (nSPS) is 13.3. The van der Waals surface area contributed by atoms with Gasteiger partial charge in [-0.3, -0.25) is 0 Å². The van der Waals surface area contributed by atoms with E-state index >= 15 is 0 Å². The molecule has 33 heavy (non-hydrogen) atoms. The molecule has 1 nitrogen and oxygen atoms in total. The fraction of sp³-hybridized carbons (Fsp3) is 0. The third kappa shape index (κ3) is 2.23. The van der Waals surface area contributed by atoms with E-state index in [9.17, 15) is 0 Å². The van der Waals surface area contributed by atoms with Crippen LogP contribution in [-0.4, -0.2) is 6.85 Å². The third-order valence-corrected chi connectivity index (χ3v) is 8.41. The van der Waals surface area contributed by atoms with E-state index in [1.165, 1.54) is 64.7 Å². The minimum Gasteiger partial charge on any atom is -0.376 e. The standard InChI is InChI=1S/C30H18BNS/c1-5-13-23-19(9-1)20-10-2-6-14-25(20)32-26-15-7-3-11-21(26)29-24(31(23)32)17-18-28-30(29)22-12-4-8-16-27(22)33-28/h1-18H. The zero-order chi connectivity index (χ0) is 21.5. The average molecular weight is 435 g/mol. The predicted molar refractivity (Wildman–Crippen MR) is 144 cm³/mol. The van der Waals surface area contributed by atoms with Crippen LogP contribution in [0.15, 0.2) is 109 Å². The number of hydrogen-bond donors (Lipinski definition) is 0. The van der Waals surface area contributed by atoms with Gasteiger partial charge in [-0.15, -0.1) is 11.3 Å². The maximum Gasteiger partial charge on any atom is 0.329 e. The van der Waals surface area contributed by atoms with Crippen LogP contribution in [0.5, 0.6) is 0 Å². The fourth-order valence-corrected chi connectivity index (χ4v) is 7.11. The molecule has 3 heterocycles. The lowest BCUT2D eigenvalue weighted by molar-refractivity contribution is 1.35. The van der Waals surface area contributed by atoms with Crippen molar-refractivity contribution < 1.29 is 0 Å². The largest absolute Gasteiger partial charge is 0.376 e. The first-order valence-corrected chi connectivity index (χ1v) is 12.2. The highest BCUT2D eigenvalue weighted by molar-refractivity contribution is 7.26. The quantitative estimate of drug-likeness (QED) is 0.233. The molecule has 0 spiro atoms. The van der Waals surface area contributed by atoms with Crippen molar-refractivity contribution in [1.29, 1.82) is 0 Å². The van der Waals surface area contributed by atoms with Gasteiger partial charge >= 0.3 is 6.85 Å². The van der Waals surface area contributed by atoms with Crippen molar-refractivity contribution in [3.63, 3.8) is 0 Å². The summed E-state index contributed by atoms with van der Waals surface area (Å²) in [5.41, 5.74) is 10.7. The Bertz CT molecular complexity index is 1750. The minimum absolute atomic E-state index is 0.157. The maximum absolute atomic E-state index is 2.57. The molecule has 0 saturated carbocycles. The first kappa shape index (κ1) is 17.7. The number of thiophene rings is 1. The molecule has 0 unspecified atom stereocenters. The van der Waals surface area contributed by atoms with Gasteiger partial charge in [0.25, 0.3) is 0 Å². The van der Waals surface area contributed by atoms with Crippen molar-refractivity contribution in [2.24, 2.45) is 0 Å². The lowest BCUT2D eigenvalue weighted by atomic mass is 9.43. The van der Waals surface area contributed by atoms with E-state index in [1.807, 2.05) is 11.3 Å². The molecule has 8 rings (SSSR count). The summed E-state index contributed by atoms with van der Waals surface area (Å²) < 4.78 is 2.72. The van der Waals surface area contributed by atoms with Crippen molar-refractivity contribution in [3.8, 4) is 22.3 Å². The van der Waals surface area contributed by atoms with Gasteiger partial charge in [0.2, 0.25) is 0 Å². The zero-order valence-corrected chi connectivity index (χ0v) is 18.6. The molecule has 6 aromatic rings. The van der Waals surface area contributed by atoms with Crippen molar-refractivity contribution in [2.75, 3.05) is 4.81 Å². The van der Waals surface area contributed by atoms with E-state index in [-0.39, 0.29) is 6.85 Å². The number of anilines is 2. The Hall–Kier alpha value is -3.82. The van der Waals surface area contributed by atoms with Crippen LogP contribution in [0, 0.1) is 0 Å². The zero-order valence-electron chi connectivity index (χ0n) is 17.8. The monoisotopic (exact) mass is 435 g/mol. The van der Waals surface area contributed by atoms with Crippen LogP contribution < -0.4 is 15.7 Å². The van der Waals surface area contributed by atoms with Gasteiger partial charge in [-0.2, -0.15) is 0 Å². The smallest absolute Gasteiger partial charge is 0.329 e. The average Bonchev–Trinajstić information content (AvgIpc) is 3.27. The molecule has 0 bridgehead atoms. The van der Waals surface area contributed by atoms with E-state index in [0.29, 0.717) is 0 Å². The summed E-state index contributed by atoms with van der Waals surface area (Å²) in [5.74, 6) is 0. The second kappa shape index (κ2) is 6.37. The van der Waals surface area contributed by atoms with Crippen molar-refractivity contribution in [1.82, 2.24) is 0 Å². The van der Waals surface area contributed by atoms with Gasteiger partial charge < -0.3 is 4.81 Å². The highest BCUT2D eigenvalue weighted by Crippen LogP contribution is 2.49. The Morgan fingerprint density at radius 2 is 1.18 bits per heavy atom. The van der Waals surface area contributed by atoms with Crippen LogP contribution in [-0.2, 0) is 0 Å². The lowest BCUT2D eigenvalue weighted by Crippen LogP contribution is -2.59. The number of benzene rings is 5. The summed E-state index contributed by atoms with van der Waals surface area (Å²) in [7, 11) is 0. The van der Waals surface area contributed by atoms with Crippen LogP contribution in [0.2, 0.25) is 0 Å². The van der Waals surface area contributed by atoms with Crippen molar-refractivity contribution in [3.05, 3.63) is 109 Å². The van der Waals surface area contributed by atoms with Gasteiger partial charge in [0.1, 0.15) is 0 Å². The number of hydrogen-bond acceptors (Lipinski definition) is 2. The van der Waals surface area contributed by atoms with E-state index in [0.717, 1.165) is 0 Å². The highest BCUT2D eigenvalue weighted by atomic mass is 32.1. The SMILES string of the molecule is c1ccc2c(c1)B1c3ccc4sc5ccccc5c4c3-c3ccccc3N1c1ccccc1-2. The van der Waals surface area contributed by atoms with E-state index < -0.39 is 0 Å². The summed E-state index contributed by atoms with van der Waals surface area (Å²) in [5, 5.41) is 2.76. The summed E-state index contributed by atoms with van der Waals surface area (Å²) in [6.07, 6.45) is 0. The topological polar surface area (TPSA) is 3.24 Å². The van der Waals surface area contributed by atoms with Gasteiger partial charge in [-0.05, 0) is 46.3 Å². The summed E-state index contributed by atoms with van der Waals surface area (Å²) in [4.78, 5) is 2.57. The molecule has 3 heteroatoms. The second-order valence-corrected chi connectivity index (χ2v) is 9.98. The molecule has 0 atom stereocenters. The number of rotatable bonds is 0. The Morgan fingerprint density at radius 3 is 2.06 bits per heavy atom. The first-order valence-electron chi connectivity index (χ1n) is 11.4. The van der Waals surface area contributed by atoms with E-state index in [2.05, 4.69) is 114 Å². The Labute approximate surface area is 196 Å². The molecule has 0 N–H and O–H groups in total. The maximum atomic E-state index is 2.57. The fourth-order valence-electron chi connectivity index (χ4n) is 5.99. The minimum atomic E-state index is 0.157. The summed E-state index contributed by atoms with van der Waals surface area (Å²) in [6, 6.07) is 40.3. The van der Waals surface area contributed by atoms with Crippen LogP contribution in [0.4, 0.5) is 11.4 Å². The molecule has 152 valence electrons. The highest BCUT2D eigenvalue weighted by Gasteiger charge is 2.42. The molecular weight excluding hydrogens is 417 g/mol. The molecule has 1 aromatic heterocycles. The van der Waals surface area contributed by atoms with Gasteiger partial charge in [-0.25, -0.2) is 0 Å². The van der Waals surface area contributed by atoms with E-state index in [4.69, 9.17) is 0 Å². The third-order valence-electron chi connectivity index (χ3n) is 7.27. The molecule has 5 aromatic carbocycles. The number of nitrogens with zero attached hydrogens (tertiary/aromatic N) is 1. The van der Waals surface area contributed by atoms with E-state index in [1.54, 1.807) is 0 Å². The Morgan fingerprint density at radius 1 is 0.515 bits per heavy atom. The molecule has 2 aliphatic heterocycles. The molecule has 2 aliphatic rings. The van der Waals surface area contributed by atoms with Gasteiger partial charge in [0, 0.05) is 42.7 Å². The molecule has 0 fully saturated rings. The van der Waals surface area contributed by atoms with Gasteiger partial charge in [0.05, 0.1) is 0 Å². The Kier molecular flexibility index (Phi) is 3.42. The van der Waals surface area contributed by atoms with Crippen LogP contribution in [0.1, 0.15) is 0 Å². The summed E-state index contributed by atoms with van der Waals surface area (Å²) in [6.45, 7) is 0.157. The van der Waals surface area contributed by atoms with Crippen molar-refractivity contribution >= 4 is 60.7 Å². The molecule has 0 amide bonds. The number of fused-ring (bicyclic) bond motifs is 15. The van der Waals surface area contributed by atoms with Crippen LogP contribution >= 0.6 is 11.3 Å². The number of para-hydroxylation sites is 2. The van der Waals surface area contributed by atoms with Gasteiger partial charge in [0.15, 0.2) is 0 Å². The Balaban J connectivity index is 1.57. The second-order valence-electron chi connectivity index (χ2n) is 8.90. The predicted octanol–water partition coefficient (Wildman–Crippen LogP) is 6.96. The molecule has 0 radical (unpaired) electrons. The van der Waals surface area contributed by atoms with Crippen molar-refractivity contribution in [2.45, 2.75) is 0 Å².